The Kier molecular flexibility index (Phi) is 7.12. The summed E-state index contributed by atoms with van der Waals surface area (Å²) < 4.78 is 15.7. The maximum Gasteiger partial charge on any atom is 0.313 e. The van der Waals surface area contributed by atoms with Crippen LogP contribution in [0.25, 0.3) is 0 Å². The highest BCUT2D eigenvalue weighted by Gasteiger charge is 2.34. The smallest absolute Gasteiger partial charge is 0.313 e. The molecule has 0 bridgehead atoms. The van der Waals surface area contributed by atoms with Gasteiger partial charge in [-0.15, -0.1) is 0 Å². The number of esters is 1. The molecule has 3 atom stereocenters. The SMILES string of the molecule is CCOc1ccc(C(=O)N[C@@H]2C=C[C@H]([C@H](C(=O)OC)c3ccc(OC)cc3)C2)cc1. The van der Waals surface area contributed by atoms with Gasteiger partial charge < -0.3 is 19.5 Å². The molecule has 0 unspecified atom stereocenters. The third kappa shape index (κ3) is 5.00. The monoisotopic (exact) mass is 409 g/mol. The molecule has 6 heteroatoms. The van der Waals surface area contributed by atoms with E-state index in [9.17, 15) is 9.59 Å². The molecule has 0 saturated carbocycles. The highest BCUT2D eigenvalue weighted by Crippen LogP contribution is 2.35. The molecule has 1 N–H and O–H groups in total. The van der Waals surface area contributed by atoms with Crippen LogP contribution >= 0.6 is 0 Å². The zero-order chi connectivity index (χ0) is 21.5. The lowest BCUT2D eigenvalue weighted by molar-refractivity contribution is -0.143. The number of carbonyl (C=O) groups excluding carboxylic acids is 2. The second kappa shape index (κ2) is 9.96. The Labute approximate surface area is 176 Å². The van der Waals surface area contributed by atoms with E-state index in [2.05, 4.69) is 5.32 Å². The fraction of sp³-hybridized carbons (Fsp3) is 0.333. The third-order valence-electron chi connectivity index (χ3n) is 5.22. The van der Waals surface area contributed by atoms with Crippen molar-refractivity contribution in [3.63, 3.8) is 0 Å². The van der Waals surface area contributed by atoms with Crippen molar-refractivity contribution in [3.8, 4) is 11.5 Å². The number of hydrogen-bond donors (Lipinski definition) is 1. The zero-order valence-corrected chi connectivity index (χ0v) is 17.5. The van der Waals surface area contributed by atoms with Crippen molar-refractivity contribution in [3.05, 3.63) is 71.8 Å². The summed E-state index contributed by atoms with van der Waals surface area (Å²) in [5, 5.41) is 3.02. The molecule has 0 spiro atoms. The van der Waals surface area contributed by atoms with Gasteiger partial charge in [0.1, 0.15) is 11.5 Å². The van der Waals surface area contributed by atoms with E-state index in [0.29, 0.717) is 18.6 Å². The van der Waals surface area contributed by atoms with Crippen molar-refractivity contribution >= 4 is 11.9 Å². The summed E-state index contributed by atoms with van der Waals surface area (Å²) in [5.41, 5.74) is 1.42. The molecule has 1 aliphatic rings. The lowest BCUT2D eigenvalue weighted by atomic mass is 9.85. The highest BCUT2D eigenvalue weighted by molar-refractivity contribution is 5.94. The van der Waals surface area contributed by atoms with Gasteiger partial charge in [-0.3, -0.25) is 9.59 Å². The van der Waals surface area contributed by atoms with Gasteiger partial charge in [-0.05, 0) is 61.2 Å². The molecular formula is C24H27NO5. The fourth-order valence-electron chi connectivity index (χ4n) is 3.70. The minimum Gasteiger partial charge on any atom is -0.497 e. The van der Waals surface area contributed by atoms with Crippen molar-refractivity contribution in [2.24, 2.45) is 5.92 Å². The van der Waals surface area contributed by atoms with Gasteiger partial charge in [0.15, 0.2) is 0 Å². The predicted octanol–water partition coefficient (Wildman–Crippen LogP) is 3.73. The number of methoxy groups -OCH3 is 2. The Morgan fingerprint density at radius 3 is 2.27 bits per heavy atom. The number of nitrogens with one attached hydrogen (secondary N) is 1. The largest absolute Gasteiger partial charge is 0.497 e. The van der Waals surface area contributed by atoms with Crippen molar-refractivity contribution < 1.29 is 23.8 Å². The van der Waals surface area contributed by atoms with Gasteiger partial charge in [0.05, 0.1) is 26.7 Å². The zero-order valence-electron chi connectivity index (χ0n) is 17.5. The first-order valence-electron chi connectivity index (χ1n) is 9.99. The Bertz CT molecular complexity index is 889. The first-order chi connectivity index (χ1) is 14.5. The summed E-state index contributed by atoms with van der Waals surface area (Å²) in [4.78, 5) is 25.1. The van der Waals surface area contributed by atoms with Crippen LogP contribution in [0.4, 0.5) is 0 Å². The summed E-state index contributed by atoms with van der Waals surface area (Å²) in [6, 6.07) is 14.3. The molecule has 1 aliphatic carbocycles. The van der Waals surface area contributed by atoms with Crippen LogP contribution in [-0.2, 0) is 9.53 Å². The van der Waals surface area contributed by atoms with Crippen molar-refractivity contribution in [1.82, 2.24) is 5.32 Å². The Morgan fingerprint density at radius 1 is 1.00 bits per heavy atom. The summed E-state index contributed by atoms with van der Waals surface area (Å²) >= 11 is 0. The molecule has 0 aliphatic heterocycles. The summed E-state index contributed by atoms with van der Waals surface area (Å²) in [6.45, 7) is 2.49. The highest BCUT2D eigenvalue weighted by atomic mass is 16.5. The van der Waals surface area contributed by atoms with Gasteiger partial charge in [0.25, 0.3) is 5.91 Å². The molecule has 0 aromatic heterocycles. The minimum absolute atomic E-state index is 0.0727. The topological polar surface area (TPSA) is 73.9 Å². The second-order valence-electron chi connectivity index (χ2n) is 7.10. The number of amides is 1. The van der Waals surface area contributed by atoms with Gasteiger partial charge in [-0.2, -0.15) is 0 Å². The quantitative estimate of drug-likeness (QED) is 0.531. The van der Waals surface area contributed by atoms with Gasteiger partial charge in [0.2, 0.25) is 0 Å². The first kappa shape index (κ1) is 21.4. The van der Waals surface area contributed by atoms with Gasteiger partial charge in [-0.25, -0.2) is 0 Å². The number of hydrogen-bond acceptors (Lipinski definition) is 5. The van der Waals surface area contributed by atoms with Crippen LogP contribution in [0.2, 0.25) is 0 Å². The second-order valence-corrected chi connectivity index (χ2v) is 7.10. The molecule has 1 amide bonds. The minimum atomic E-state index is -0.440. The molecule has 0 saturated heterocycles. The molecule has 30 heavy (non-hydrogen) atoms. The molecule has 0 heterocycles. The van der Waals surface area contributed by atoms with Crippen LogP contribution in [0, 0.1) is 5.92 Å². The van der Waals surface area contributed by atoms with Crippen LogP contribution in [0.1, 0.15) is 35.2 Å². The Morgan fingerprint density at radius 2 is 1.67 bits per heavy atom. The molecule has 158 valence electrons. The number of rotatable bonds is 8. The lowest BCUT2D eigenvalue weighted by Crippen LogP contribution is -2.33. The average molecular weight is 409 g/mol. The summed E-state index contributed by atoms with van der Waals surface area (Å²) in [6.07, 6.45) is 4.54. The number of carbonyl (C=O) groups is 2. The summed E-state index contributed by atoms with van der Waals surface area (Å²) in [7, 11) is 2.99. The molecule has 2 aromatic rings. The van der Waals surface area contributed by atoms with E-state index in [1.807, 2.05) is 43.3 Å². The molecule has 3 rings (SSSR count). The van der Waals surface area contributed by atoms with Crippen LogP contribution in [0.15, 0.2) is 60.7 Å². The molecule has 2 aromatic carbocycles. The normalized spacial score (nSPS) is 18.5. The molecule has 0 fully saturated rings. The Hall–Kier alpha value is -3.28. The van der Waals surface area contributed by atoms with E-state index in [4.69, 9.17) is 14.2 Å². The van der Waals surface area contributed by atoms with E-state index in [0.717, 1.165) is 17.1 Å². The number of benzene rings is 2. The van der Waals surface area contributed by atoms with E-state index >= 15 is 0 Å². The Balaban J connectivity index is 1.66. The van der Waals surface area contributed by atoms with Crippen LogP contribution in [0.5, 0.6) is 11.5 Å². The average Bonchev–Trinajstić information content (AvgIpc) is 3.22. The molecule has 0 radical (unpaired) electrons. The van der Waals surface area contributed by atoms with Gasteiger partial charge in [-0.1, -0.05) is 24.3 Å². The molecular weight excluding hydrogens is 382 g/mol. The number of ether oxygens (including phenoxy) is 3. The summed E-state index contributed by atoms with van der Waals surface area (Å²) in [5.74, 6) is 0.488. The lowest BCUT2D eigenvalue weighted by Gasteiger charge is -2.22. The van der Waals surface area contributed by atoms with Crippen molar-refractivity contribution in [2.45, 2.75) is 25.3 Å². The number of allylic oxidation sites excluding steroid dienone is 1. The van der Waals surface area contributed by atoms with Crippen molar-refractivity contribution in [1.29, 1.82) is 0 Å². The fourth-order valence-corrected chi connectivity index (χ4v) is 3.70. The maximum absolute atomic E-state index is 12.6. The first-order valence-corrected chi connectivity index (χ1v) is 9.99. The van der Waals surface area contributed by atoms with Crippen molar-refractivity contribution in [2.75, 3.05) is 20.8 Å². The van der Waals surface area contributed by atoms with E-state index in [1.54, 1.807) is 31.4 Å². The van der Waals surface area contributed by atoms with Crippen LogP contribution in [0.3, 0.4) is 0 Å². The van der Waals surface area contributed by atoms with Gasteiger partial charge in [0, 0.05) is 11.6 Å². The van der Waals surface area contributed by atoms with E-state index in [1.165, 1.54) is 7.11 Å². The van der Waals surface area contributed by atoms with E-state index in [-0.39, 0.29) is 23.8 Å². The van der Waals surface area contributed by atoms with Crippen LogP contribution in [-0.4, -0.2) is 38.7 Å². The maximum atomic E-state index is 12.6. The molecule has 6 nitrogen and oxygen atoms in total. The van der Waals surface area contributed by atoms with E-state index < -0.39 is 5.92 Å². The van der Waals surface area contributed by atoms with Gasteiger partial charge >= 0.3 is 5.97 Å². The standard InChI is InChI=1S/C24H27NO5/c1-4-30-21-13-8-17(9-14-21)23(26)25-19-10-5-18(15-19)22(24(27)29-3)16-6-11-20(28-2)12-7-16/h5-14,18-19,22H,4,15H2,1-3H3,(H,25,26)/t18-,19+,22+/m0/s1. The third-order valence-corrected chi connectivity index (χ3v) is 5.22. The van der Waals surface area contributed by atoms with Crippen LogP contribution < -0.4 is 14.8 Å². The predicted molar refractivity (Wildman–Crippen MR) is 114 cm³/mol.